The summed E-state index contributed by atoms with van der Waals surface area (Å²) in [7, 11) is 0. The van der Waals surface area contributed by atoms with Crippen LogP contribution < -0.4 is 0 Å². The molecule has 0 aromatic carbocycles. The van der Waals surface area contributed by atoms with Crippen LogP contribution in [0.1, 0.15) is 51.9 Å². The number of hydrogen-bond donors (Lipinski definition) is 0. The maximum Gasteiger partial charge on any atom is -0.0348 e. The Balaban J connectivity index is 3.02. The largest absolute Gasteiger partial charge is 0.103 e. The lowest BCUT2D eigenvalue weighted by molar-refractivity contribution is 0.622. The average molecular weight is 192 g/mol. The van der Waals surface area contributed by atoms with Gasteiger partial charge in [0.1, 0.15) is 0 Å². The normalized spacial score (nSPS) is 11.5. The molecule has 14 heavy (non-hydrogen) atoms. The van der Waals surface area contributed by atoms with Crippen LogP contribution in [0.3, 0.4) is 0 Å². The Kier molecular flexibility index (Phi) is 11.5. The second kappa shape index (κ2) is 12.2. The summed E-state index contributed by atoms with van der Waals surface area (Å²) in [5.74, 6) is 0. The average Bonchev–Trinajstić information content (AvgIpc) is 2.21. The molecule has 0 fully saturated rings. The van der Waals surface area contributed by atoms with Gasteiger partial charge in [0, 0.05) is 0 Å². The lowest BCUT2D eigenvalue weighted by Gasteiger charge is -1.97. The van der Waals surface area contributed by atoms with Crippen molar-refractivity contribution in [2.75, 3.05) is 0 Å². The van der Waals surface area contributed by atoms with Gasteiger partial charge in [-0.25, -0.2) is 0 Å². The molecule has 80 valence electrons. The number of hydrogen-bond acceptors (Lipinski definition) is 0. The van der Waals surface area contributed by atoms with Crippen LogP contribution in [0.4, 0.5) is 0 Å². The summed E-state index contributed by atoms with van der Waals surface area (Å²) in [4.78, 5) is 0. The summed E-state index contributed by atoms with van der Waals surface area (Å²) >= 11 is 0. The van der Waals surface area contributed by atoms with Crippen molar-refractivity contribution in [3.05, 3.63) is 37.0 Å². The van der Waals surface area contributed by atoms with Gasteiger partial charge >= 0.3 is 0 Å². The first-order chi connectivity index (χ1) is 6.91. The molecule has 0 aliphatic rings. The molecule has 0 aromatic heterocycles. The van der Waals surface area contributed by atoms with Crippen molar-refractivity contribution in [1.29, 1.82) is 0 Å². The van der Waals surface area contributed by atoms with E-state index in [1.165, 1.54) is 44.9 Å². The molecule has 0 spiro atoms. The minimum absolute atomic E-state index is 1.18. The summed E-state index contributed by atoms with van der Waals surface area (Å²) in [6.45, 7) is 5.77. The van der Waals surface area contributed by atoms with E-state index in [2.05, 4.69) is 30.9 Å². The van der Waals surface area contributed by atoms with Crippen LogP contribution in [-0.2, 0) is 0 Å². The molecular formula is C14H24. The third-order valence-corrected chi connectivity index (χ3v) is 2.22. The Morgan fingerprint density at radius 2 is 1.50 bits per heavy atom. The third kappa shape index (κ3) is 11.2. The molecule has 0 amide bonds. The van der Waals surface area contributed by atoms with Gasteiger partial charge in [0.15, 0.2) is 0 Å². The predicted octanol–water partition coefficient (Wildman–Crippen LogP) is 5.04. The van der Waals surface area contributed by atoms with E-state index in [1.807, 2.05) is 13.0 Å². The number of rotatable bonds is 9. The molecule has 0 rings (SSSR count). The van der Waals surface area contributed by atoms with Crippen LogP contribution in [0.15, 0.2) is 37.0 Å². The van der Waals surface area contributed by atoms with E-state index >= 15 is 0 Å². The van der Waals surface area contributed by atoms with Gasteiger partial charge in [0.25, 0.3) is 0 Å². The molecule has 0 heterocycles. The zero-order chi connectivity index (χ0) is 10.5. The van der Waals surface area contributed by atoms with Crippen LogP contribution in [0, 0.1) is 0 Å². The van der Waals surface area contributed by atoms with Gasteiger partial charge in [-0.15, -0.1) is 6.58 Å². The van der Waals surface area contributed by atoms with Gasteiger partial charge in [0.05, 0.1) is 0 Å². The highest BCUT2D eigenvalue weighted by atomic mass is 13.9. The third-order valence-electron chi connectivity index (χ3n) is 2.22. The minimum Gasteiger partial charge on any atom is -0.103 e. The predicted molar refractivity (Wildman–Crippen MR) is 66.5 cm³/mol. The van der Waals surface area contributed by atoms with Crippen LogP contribution in [0.2, 0.25) is 0 Å². The van der Waals surface area contributed by atoms with Crippen LogP contribution in [-0.4, -0.2) is 0 Å². The minimum atomic E-state index is 1.18. The van der Waals surface area contributed by atoms with Crippen molar-refractivity contribution in [3.8, 4) is 0 Å². The molecule has 0 atom stereocenters. The van der Waals surface area contributed by atoms with E-state index in [4.69, 9.17) is 0 Å². The molecule has 0 nitrogen and oxygen atoms in total. The highest BCUT2D eigenvalue weighted by Crippen LogP contribution is 2.07. The van der Waals surface area contributed by atoms with E-state index in [0.29, 0.717) is 0 Å². The Labute approximate surface area is 89.4 Å². The van der Waals surface area contributed by atoms with Crippen molar-refractivity contribution in [2.24, 2.45) is 0 Å². The Hall–Kier alpha value is -0.780. The van der Waals surface area contributed by atoms with Gasteiger partial charge in [-0.3, -0.25) is 0 Å². The molecule has 0 aliphatic heterocycles. The topological polar surface area (TPSA) is 0 Å². The molecule has 0 radical (unpaired) electrons. The van der Waals surface area contributed by atoms with Gasteiger partial charge in [0.2, 0.25) is 0 Å². The molecule has 0 saturated heterocycles. The van der Waals surface area contributed by atoms with Crippen LogP contribution in [0.5, 0.6) is 0 Å². The van der Waals surface area contributed by atoms with E-state index < -0.39 is 0 Å². The fraction of sp³-hybridized carbons (Fsp3) is 0.571. The second-order valence-electron chi connectivity index (χ2n) is 3.59. The highest BCUT2D eigenvalue weighted by molar-refractivity contribution is 5.00. The Morgan fingerprint density at radius 1 is 0.857 bits per heavy atom. The zero-order valence-electron chi connectivity index (χ0n) is 9.54. The van der Waals surface area contributed by atoms with Gasteiger partial charge in [-0.05, 0) is 32.6 Å². The van der Waals surface area contributed by atoms with Crippen LogP contribution >= 0.6 is 0 Å². The Bertz CT molecular complexity index is 163. The van der Waals surface area contributed by atoms with Crippen molar-refractivity contribution < 1.29 is 0 Å². The number of unbranched alkanes of at least 4 members (excludes halogenated alkanes) is 6. The molecule has 0 saturated carbocycles. The first-order valence-corrected chi connectivity index (χ1v) is 5.80. The standard InChI is InChI=1S/C14H24/c1-3-5-7-9-11-13-14-12-10-8-6-4-2/h3-4,6,8,10H,1,5,7,9,11-14H2,2H3. The lowest BCUT2D eigenvalue weighted by Crippen LogP contribution is -1.77. The monoisotopic (exact) mass is 192 g/mol. The maximum absolute atomic E-state index is 3.72. The quantitative estimate of drug-likeness (QED) is 0.273. The second-order valence-corrected chi connectivity index (χ2v) is 3.59. The van der Waals surface area contributed by atoms with E-state index in [9.17, 15) is 0 Å². The molecule has 0 N–H and O–H groups in total. The summed E-state index contributed by atoms with van der Waals surface area (Å²) in [6.07, 6.45) is 19.7. The number of allylic oxidation sites excluding steroid dienone is 5. The first kappa shape index (κ1) is 13.2. The fourth-order valence-corrected chi connectivity index (χ4v) is 1.37. The Morgan fingerprint density at radius 3 is 2.14 bits per heavy atom. The molecule has 0 unspecified atom stereocenters. The van der Waals surface area contributed by atoms with Crippen molar-refractivity contribution in [1.82, 2.24) is 0 Å². The van der Waals surface area contributed by atoms with Crippen molar-refractivity contribution in [3.63, 3.8) is 0 Å². The van der Waals surface area contributed by atoms with E-state index in [-0.39, 0.29) is 0 Å². The fourth-order valence-electron chi connectivity index (χ4n) is 1.37. The SMILES string of the molecule is C=CCCCCCCCC=CC=CC. The van der Waals surface area contributed by atoms with Crippen LogP contribution in [0.25, 0.3) is 0 Å². The molecule has 0 heteroatoms. The highest BCUT2D eigenvalue weighted by Gasteiger charge is 1.87. The molecule has 0 bridgehead atoms. The summed E-state index contributed by atoms with van der Waals surface area (Å²) in [5, 5.41) is 0. The van der Waals surface area contributed by atoms with Gasteiger partial charge < -0.3 is 0 Å². The molecule has 0 aliphatic carbocycles. The van der Waals surface area contributed by atoms with E-state index in [0.717, 1.165) is 0 Å². The maximum atomic E-state index is 3.72. The molecular weight excluding hydrogens is 168 g/mol. The van der Waals surface area contributed by atoms with Crippen molar-refractivity contribution in [2.45, 2.75) is 51.9 Å². The smallest absolute Gasteiger partial charge is 0.0348 e. The first-order valence-electron chi connectivity index (χ1n) is 5.80. The lowest BCUT2D eigenvalue weighted by atomic mass is 10.1. The van der Waals surface area contributed by atoms with E-state index in [1.54, 1.807) is 0 Å². The van der Waals surface area contributed by atoms with Gasteiger partial charge in [-0.2, -0.15) is 0 Å². The summed E-state index contributed by atoms with van der Waals surface area (Å²) in [6, 6.07) is 0. The molecule has 0 aromatic rings. The van der Waals surface area contributed by atoms with Gasteiger partial charge in [-0.1, -0.05) is 49.6 Å². The van der Waals surface area contributed by atoms with Crippen molar-refractivity contribution >= 4 is 0 Å². The zero-order valence-corrected chi connectivity index (χ0v) is 9.54. The summed E-state index contributed by atoms with van der Waals surface area (Å²) < 4.78 is 0. The summed E-state index contributed by atoms with van der Waals surface area (Å²) in [5.41, 5.74) is 0.